The van der Waals surface area contributed by atoms with Crippen LogP contribution in [0.25, 0.3) is 0 Å². The van der Waals surface area contributed by atoms with Crippen molar-refractivity contribution in [1.82, 2.24) is 14.9 Å². The van der Waals surface area contributed by atoms with Crippen LogP contribution in [-0.4, -0.2) is 47.5 Å². The summed E-state index contributed by atoms with van der Waals surface area (Å²) in [6.45, 7) is 0.752. The molecule has 0 radical (unpaired) electrons. The van der Waals surface area contributed by atoms with Crippen LogP contribution >= 0.6 is 11.6 Å². The summed E-state index contributed by atoms with van der Waals surface area (Å²) in [5.74, 6) is 0.606. The van der Waals surface area contributed by atoms with Crippen LogP contribution in [0.5, 0.6) is 0 Å². The highest BCUT2D eigenvalue weighted by atomic mass is 35.5. The molecule has 6 nitrogen and oxygen atoms in total. The molecule has 1 aromatic heterocycles. The highest BCUT2D eigenvalue weighted by molar-refractivity contribution is 6.28. The molecule has 18 heavy (non-hydrogen) atoms. The first kappa shape index (κ1) is 12.9. The molecule has 1 atom stereocenters. The lowest BCUT2D eigenvalue weighted by atomic mass is 10.2. The molecule has 1 aliphatic heterocycles. The van der Waals surface area contributed by atoms with E-state index < -0.39 is 0 Å². The third kappa shape index (κ3) is 2.33. The van der Waals surface area contributed by atoms with Crippen molar-refractivity contribution < 1.29 is 4.79 Å². The van der Waals surface area contributed by atoms with Gasteiger partial charge in [0.05, 0.1) is 11.9 Å². The van der Waals surface area contributed by atoms with Gasteiger partial charge >= 0.3 is 0 Å². The Kier molecular flexibility index (Phi) is 3.56. The van der Waals surface area contributed by atoms with Gasteiger partial charge in [-0.3, -0.25) is 4.79 Å². The van der Waals surface area contributed by atoms with Gasteiger partial charge < -0.3 is 15.5 Å². The highest BCUT2D eigenvalue weighted by Gasteiger charge is 2.33. The maximum absolute atomic E-state index is 12.1. The van der Waals surface area contributed by atoms with Crippen LogP contribution in [0.3, 0.4) is 0 Å². The number of nitrogen functional groups attached to an aromatic ring is 1. The lowest BCUT2D eigenvalue weighted by molar-refractivity contribution is -0.129. The Morgan fingerprint density at radius 1 is 1.61 bits per heavy atom. The molecule has 1 fully saturated rings. The molecule has 1 amide bonds. The fraction of sp³-hybridized carbons (Fsp3) is 0.545. The summed E-state index contributed by atoms with van der Waals surface area (Å²) in [5, 5.41) is 0.141. The van der Waals surface area contributed by atoms with E-state index in [-0.39, 0.29) is 17.2 Å². The van der Waals surface area contributed by atoms with Crippen LogP contribution < -0.4 is 10.6 Å². The zero-order chi connectivity index (χ0) is 13.3. The lowest BCUT2D eigenvalue weighted by Crippen LogP contribution is -2.43. The van der Waals surface area contributed by atoms with Gasteiger partial charge in [0.2, 0.25) is 11.2 Å². The van der Waals surface area contributed by atoms with Crippen molar-refractivity contribution >= 4 is 29.0 Å². The van der Waals surface area contributed by atoms with Gasteiger partial charge in [-0.2, -0.15) is 4.98 Å². The molecule has 98 valence electrons. The molecule has 1 aromatic rings. The van der Waals surface area contributed by atoms with Gasteiger partial charge in [0.15, 0.2) is 5.82 Å². The molecule has 0 spiro atoms. The third-order valence-electron chi connectivity index (χ3n) is 3.02. The fourth-order valence-corrected chi connectivity index (χ4v) is 2.30. The summed E-state index contributed by atoms with van der Waals surface area (Å²) in [4.78, 5) is 23.5. The first-order valence-electron chi connectivity index (χ1n) is 5.76. The Bertz CT molecular complexity index is 465. The first-order valence-corrected chi connectivity index (χ1v) is 6.14. The standard InChI is InChI=1S/C11H16ClN5O/c1-16(2)10(18)8-4-3-5-17(8)9-7(13)6-14-11(12)15-9/h6,8H,3-5,13H2,1-2H3. The Balaban J connectivity index is 2.31. The monoisotopic (exact) mass is 269 g/mol. The number of likely N-dealkylation sites (N-methyl/N-ethyl adjacent to an activating group) is 1. The van der Waals surface area contributed by atoms with Crippen LogP contribution in [-0.2, 0) is 4.79 Å². The minimum Gasteiger partial charge on any atom is -0.394 e. The summed E-state index contributed by atoms with van der Waals surface area (Å²) in [6.07, 6.45) is 3.21. The predicted octanol–water partition coefficient (Wildman–Crippen LogP) is 0.769. The first-order chi connectivity index (χ1) is 8.50. The van der Waals surface area contributed by atoms with Gasteiger partial charge in [0, 0.05) is 20.6 Å². The molecule has 7 heteroatoms. The van der Waals surface area contributed by atoms with E-state index in [1.54, 1.807) is 19.0 Å². The highest BCUT2D eigenvalue weighted by Crippen LogP contribution is 2.29. The third-order valence-corrected chi connectivity index (χ3v) is 3.20. The van der Waals surface area contributed by atoms with E-state index in [1.807, 2.05) is 4.90 Å². The summed E-state index contributed by atoms with van der Waals surface area (Å²) in [6, 6.07) is -0.215. The molecular formula is C11H16ClN5O. The van der Waals surface area contributed by atoms with Gasteiger partial charge in [-0.25, -0.2) is 4.98 Å². The topological polar surface area (TPSA) is 75.4 Å². The van der Waals surface area contributed by atoms with Crippen molar-refractivity contribution in [1.29, 1.82) is 0 Å². The molecule has 1 unspecified atom stereocenters. The second kappa shape index (κ2) is 4.97. The zero-order valence-electron chi connectivity index (χ0n) is 10.4. The number of rotatable bonds is 2. The molecule has 2 rings (SSSR count). The van der Waals surface area contributed by atoms with Crippen LogP contribution in [0.2, 0.25) is 5.28 Å². The number of amides is 1. The second-order valence-corrected chi connectivity index (χ2v) is 4.84. The predicted molar refractivity (Wildman–Crippen MR) is 70.5 cm³/mol. The maximum atomic E-state index is 12.1. The number of nitrogens with zero attached hydrogens (tertiary/aromatic N) is 4. The van der Waals surface area contributed by atoms with Crippen LogP contribution in [0.4, 0.5) is 11.5 Å². The van der Waals surface area contributed by atoms with E-state index >= 15 is 0 Å². The fourth-order valence-electron chi connectivity index (χ4n) is 2.17. The normalized spacial score (nSPS) is 19.1. The van der Waals surface area contributed by atoms with E-state index in [2.05, 4.69) is 9.97 Å². The number of halogens is 1. The molecule has 2 heterocycles. The van der Waals surface area contributed by atoms with E-state index in [0.29, 0.717) is 11.5 Å². The van der Waals surface area contributed by atoms with Crippen molar-refractivity contribution in [3.8, 4) is 0 Å². The van der Waals surface area contributed by atoms with Gasteiger partial charge in [-0.15, -0.1) is 0 Å². The largest absolute Gasteiger partial charge is 0.394 e. The van der Waals surface area contributed by atoms with Crippen LogP contribution in [0.15, 0.2) is 6.20 Å². The number of carbonyl (C=O) groups is 1. The van der Waals surface area contributed by atoms with Gasteiger partial charge in [0.25, 0.3) is 0 Å². The van der Waals surface area contributed by atoms with Crippen LogP contribution in [0, 0.1) is 0 Å². The van der Waals surface area contributed by atoms with Crippen molar-refractivity contribution in [2.75, 3.05) is 31.3 Å². The number of anilines is 2. The number of aromatic nitrogens is 2. The summed E-state index contributed by atoms with van der Waals surface area (Å²) < 4.78 is 0. The molecule has 0 aromatic carbocycles. The Morgan fingerprint density at radius 2 is 2.33 bits per heavy atom. The number of hydrogen-bond donors (Lipinski definition) is 1. The quantitative estimate of drug-likeness (QED) is 0.803. The minimum absolute atomic E-state index is 0.0571. The Hall–Kier alpha value is -1.56. The van der Waals surface area contributed by atoms with Gasteiger partial charge in [-0.1, -0.05) is 0 Å². The van der Waals surface area contributed by atoms with Gasteiger partial charge in [-0.05, 0) is 24.4 Å². The Morgan fingerprint density at radius 3 is 3.00 bits per heavy atom. The van der Waals surface area contributed by atoms with Crippen molar-refractivity contribution in [3.05, 3.63) is 11.5 Å². The summed E-state index contributed by atoms with van der Waals surface area (Å²) in [5.41, 5.74) is 6.30. The van der Waals surface area contributed by atoms with E-state index in [0.717, 1.165) is 19.4 Å². The average Bonchev–Trinajstić information content (AvgIpc) is 2.80. The second-order valence-electron chi connectivity index (χ2n) is 4.50. The molecule has 2 N–H and O–H groups in total. The van der Waals surface area contributed by atoms with E-state index in [1.165, 1.54) is 6.20 Å². The molecule has 0 saturated carbocycles. The average molecular weight is 270 g/mol. The lowest BCUT2D eigenvalue weighted by Gasteiger charge is -2.27. The minimum atomic E-state index is -0.215. The molecule has 0 aliphatic carbocycles. The van der Waals surface area contributed by atoms with Crippen LogP contribution in [0.1, 0.15) is 12.8 Å². The van der Waals surface area contributed by atoms with E-state index in [4.69, 9.17) is 17.3 Å². The number of hydrogen-bond acceptors (Lipinski definition) is 5. The summed E-state index contributed by atoms with van der Waals surface area (Å²) in [7, 11) is 3.49. The molecular weight excluding hydrogens is 254 g/mol. The number of carbonyl (C=O) groups excluding carboxylic acids is 1. The van der Waals surface area contributed by atoms with Gasteiger partial charge in [0.1, 0.15) is 6.04 Å². The maximum Gasteiger partial charge on any atom is 0.244 e. The number of nitrogens with two attached hydrogens (primary N) is 1. The smallest absolute Gasteiger partial charge is 0.244 e. The Labute approximate surface area is 111 Å². The van der Waals surface area contributed by atoms with E-state index in [9.17, 15) is 4.79 Å². The molecule has 1 aliphatic rings. The molecule has 1 saturated heterocycles. The van der Waals surface area contributed by atoms with Crippen molar-refractivity contribution in [2.45, 2.75) is 18.9 Å². The summed E-state index contributed by atoms with van der Waals surface area (Å²) >= 11 is 5.79. The SMILES string of the molecule is CN(C)C(=O)C1CCCN1c1nc(Cl)ncc1N. The molecule has 0 bridgehead atoms. The zero-order valence-corrected chi connectivity index (χ0v) is 11.2. The van der Waals surface area contributed by atoms with Crippen molar-refractivity contribution in [2.24, 2.45) is 0 Å². The van der Waals surface area contributed by atoms with Crippen molar-refractivity contribution in [3.63, 3.8) is 0 Å².